The summed E-state index contributed by atoms with van der Waals surface area (Å²) in [4.78, 5) is 19.1. The molecule has 0 unspecified atom stereocenters. The van der Waals surface area contributed by atoms with Crippen LogP contribution < -0.4 is 18.3 Å². The van der Waals surface area contributed by atoms with Crippen molar-refractivity contribution in [2.45, 2.75) is 129 Å². The van der Waals surface area contributed by atoms with Crippen LogP contribution in [-0.2, 0) is 26.2 Å². The molecule has 6 N–H and O–H groups in total. The van der Waals surface area contributed by atoms with Crippen LogP contribution in [0.25, 0.3) is 90.9 Å². The van der Waals surface area contributed by atoms with Crippen molar-refractivity contribution in [3.05, 3.63) is 145 Å². The summed E-state index contributed by atoms with van der Waals surface area (Å²) in [5, 5.41) is 37.6. The SMILES string of the molecule is OCCCCCC[n+]1cccc(-c2c3nc(c(-c4ccc[n+](CCCCCCO)c4)c4ccc([nH]4)c(-c4ccc[n+](CCCCCCO)c4)c4nc(c(-c5ccc[n+](CCCCCCO)c5)c5ccc2[nH]5)C=C4)C=C3)c1. The Balaban J connectivity index is 1.29. The Labute approximate surface area is 448 Å². The summed E-state index contributed by atoms with van der Waals surface area (Å²) >= 11 is 0. The highest BCUT2D eigenvalue weighted by Crippen LogP contribution is 2.38. The van der Waals surface area contributed by atoms with Gasteiger partial charge in [0.15, 0.2) is 49.6 Å². The molecule has 0 saturated heterocycles. The molecule has 76 heavy (non-hydrogen) atoms. The smallest absolute Gasteiger partial charge is 0.176 e. The number of H-pyrrole nitrogens is 2. The van der Waals surface area contributed by atoms with E-state index >= 15 is 0 Å². The fraction of sp³-hybridized carbons (Fsp3) is 0.375. The van der Waals surface area contributed by atoms with Crippen LogP contribution in [0.2, 0.25) is 0 Å². The molecular formula is C64H78N8O4+4. The second-order valence-electron chi connectivity index (χ2n) is 20.4. The van der Waals surface area contributed by atoms with Crippen molar-refractivity contribution in [1.29, 1.82) is 0 Å². The van der Waals surface area contributed by atoms with Crippen LogP contribution in [0.1, 0.15) is 126 Å². The van der Waals surface area contributed by atoms with E-state index in [4.69, 9.17) is 9.97 Å². The molecule has 0 aromatic carbocycles. The van der Waals surface area contributed by atoms with Gasteiger partial charge in [-0.1, -0.05) is 25.7 Å². The quantitative estimate of drug-likeness (QED) is 0.0212. The Hall–Kier alpha value is -6.96. The molecule has 2 aliphatic heterocycles. The highest BCUT2D eigenvalue weighted by Gasteiger charge is 2.22. The van der Waals surface area contributed by atoms with Gasteiger partial charge in [-0.3, -0.25) is 0 Å². The maximum atomic E-state index is 9.41. The Morgan fingerprint density at radius 1 is 0.303 bits per heavy atom. The number of fused-ring (bicyclic) bond motifs is 8. The molecule has 0 amide bonds. The molecule has 0 radical (unpaired) electrons. The third-order valence-corrected chi connectivity index (χ3v) is 14.6. The first-order valence-corrected chi connectivity index (χ1v) is 28.1. The number of aryl methyl sites for hydroxylation is 4. The maximum absolute atomic E-state index is 9.41. The number of aromatic nitrogens is 8. The number of aliphatic hydroxyl groups excluding tert-OH is 4. The molecule has 0 fully saturated rings. The first-order chi connectivity index (χ1) is 37.5. The highest BCUT2D eigenvalue weighted by atomic mass is 16.3. The van der Waals surface area contributed by atoms with Crippen molar-refractivity contribution in [2.24, 2.45) is 0 Å². The lowest BCUT2D eigenvalue weighted by Crippen LogP contribution is -2.32. The molecule has 7 aromatic heterocycles. The van der Waals surface area contributed by atoms with Crippen molar-refractivity contribution in [1.82, 2.24) is 19.9 Å². The minimum atomic E-state index is 0.230. The van der Waals surface area contributed by atoms with E-state index in [-0.39, 0.29) is 26.4 Å². The maximum Gasteiger partial charge on any atom is 0.176 e. The molecule has 8 bridgehead atoms. The molecule has 9 rings (SSSR count). The zero-order valence-corrected chi connectivity index (χ0v) is 44.3. The molecule has 394 valence electrons. The molecule has 2 aliphatic rings. The van der Waals surface area contributed by atoms with Gasteiger partial charge in [0.25, 0.3) is 0 Å². The van der Waals surface area contributed by atoms with Gasteiger partial charge >= 0.3 is 0 Å². The standard InChI is InChI=1S/C64H78N8O4/c73-41-13-5-1-9-33-69-37-17-21-49(45-69)61-53-25-27-55(65-53)62(50-22-18-38-70(46-50)34-10-2-6-14-42-74)57-29-31-59(67-57)64(52-24-20-40-72(48-52)36-12-4-8-16-44-76)60-32-30-58(68-60)63(56-28-26-54(61)66-56)51-23-19-39-71(47-51)35-11-3-7-15-43-75/h17-32,37-40,45-48,65,68,73-76H,1-16,33-36,41-44H2/q+4. The summed E-state index contributed by atoms with van der Waals surface area (Å²) < 4.78 is 9.11. The summed E-state index contributed by atoms with van der Waals surface area (Å²) in [6.07, 6.45) is 41.9. The average Bonchev–Trinajstić information content (AvgIpc) is 4.31. The van der Waals surface area contributed by atoms with E-state index in [1.165, 1.54) is 0 Å². The molecular weight excluding hydrogens is 945 g/mol. The number of nitrogens with zero attached hydrogens (tertiary/aromatic N) is 6. The minimum Gasteiger partial charge on any atom is -0.396 e. The van der Waals surface area contributed by atoms with Gasteiger partial charge in [-0.2, -0.15) is 0 Å². The molecule has 0 aliphatic carbocycles. The number of hydrogen-bond acceptors (Lipinski definition) is 6. The average molecular weight is 1020 g/mol. The number of aromatic amines is 2. The van der Waals surface area contributed by atoms with Gasteiger partial charge in [0.1, 0.15) is 26.2 Å². The number of hydrogen-bond donors (Lipinski definition) is 6. The van der Waals surface area contributed by atoms with Gasteiger partial charge < -0.3 is 30.4 Å². The molecule has 7 aromatic rings. The van der Waals surface area contributed by atoms with E-state index in [9.17, 15) is 20.4 Å². The fourth-order valence-electron chi connectivity index (χ4n) is 10.7. The van der Waals surface area contributed by atoms with E-state index in [0.29, 0.717) is 0 Å². The van der Waals surface area contributed by atoms with E-state index in [2.05, 4.69) is 175 Å². The lowest BCUT2D eigenvalue weighted by Gasteiger charge is -2.07. The van der Waals surface area contributed by atoms with E-state index < -0.39 is 0 Å². The van der Waals surface area contributed by atoms with Crippen LogP contribution >= 0.6 is 0 Å². The lowest BCUT2D eigenvalue weighted by atomic mass is 10.1. The van der Waals surface area contributed by atoms with Crippen LogP contribution in [0.3, 0.4) is 0 Å². The fourth-order valence-corrected chi connectivity index (χ4v) is 10.7. The van der Waals surface area contributed by atoms with Crippen LogP contribution in [0, 0.1) is 0 Å². The van der Waals surface area contributed by atoms with Crippen molar-refractivity contribution < 1.29 is 38.7 Å². The van der Waals surface area contributed by atoms with Gasteiger partial charge in [-0.25, -0.2) is 28.2 Å². The number of nitrogens with one attached hydrogen (secondary N) is 2. The Kier molecular flexibility index (Phi) is 19.6. The van der Waals surface area contributed by atoms with Crippen LogP contribution in [-0.4, -0.2) is 66.8 Å². The summed E-state index contributed by atoms with van der Waals surface area (Å²) in [7, 11) is 0. The lowest BCUT2D eigenvalue weighted by molar-refractivity contribution is -0.697. The summed E-state index contributed by atoms with van der Waals surface area (Å²) in [6, 6.07) is 26.0. The molecule has 0 saturated carbocycles. The normalized spacial score (nSPS) is 12.1. The Morgan fingerprint density at radius 3 is 0.776 bits per heavy atom. The monoisotopic (exact) mass is 1020 g/mol. The van der Waals surface area contributed by atoms with E-state index in [0.717, 1.165) is 218 Å². The molecule has 0 spiro atoms. The number of aliphatic hydroxyl groups is 4. The number of pyridine rings is 4. The summed E-state index contributed by atoms with van der Waals surface area (Å²) in [6.45, 7) is 4.41. The van der Waals surface area contributed by atoms with Crippen molar-refractivity contribution in [3.63, 3.8) is 0 Å². The van der Waals surface area contributed by atoms with Crippen LogP contribution in [0.15, 0.2) is 122 Å². The van der Waals surface area contributed by atoms with Crippen molar-refractivity contribution in [3.8, 4) is 44.5 Å². The van der Waals surface area contributed by atoms with Crippen LogP contribution in [0.4, 0.5) is 0 Å². The second kappa shape index (κ2) is 27.7. The van der Waals surface area contributed by atoms with Crippen LogP contribution in [0.5, 0.6) is 0 Å². The first-order valence-electron chi connectivity index (χ1n) is 28.1. The Morgan fingerprint density at radius 2 is 0.539 bits per heavy atom. The number of rotatable bonds is 28. The van der Waals surface area contributed by atoms with Gasteiger partial charge in [-0.15, -0.1) is 0 Å². The topological polar surface area (TPSA) is 154 Å². The summed E-state index contributed by atoms with van der Waals surface area (Å²) in [5.74, 6) is 0. The molecule has 12 nitrogen and oxygen atoms in total. The molecule has 12 heteroatoms. The molecule has 9 heterocycles. The predicted molar refractivity (Wildman–Crippen MR) is 304 cm³/mol. The Bertz CT molecular complexity index is 2840. The number of unbranched alkanes of at least 4 members (excludes halogenated alkanes) is 12. The third kappa shape index (κ3) is 13.9. The molecule has 0 atom stereocenters. The summed E-state index contributed by atoms with van der Waals surface area (Å²) in [5.41, 5.74) is 15.5. The van der Waals surface area contributed by atoms with Crippen molar-refractivity contribution in [2.75, 3.05) is 26.4 Å². The van der Waals surface area contributed by atoms with Crippen molar-refractivity contribution >= 4 is 46.4 Å². The van der Waals surface area contributed by atoms with Gasteiger partial charge in [0.05, 0.1) is 22.8 Å². The third-order valence-electron chi connectivity index (χ3n) is 14.6. The first kappa shape index (κ1) is 53.9. The largest absolute Gasteiger partial charge is 0.396 e. The zero-order chi connectivity index (χ0) is 52.3. The second-order valence-corrected chi connectivity index (χ2v) is 20.4. The van der Waals surface area contributed by atoms with Gasteiger partial charge in [-0.05, 0) is 124 Å². The van der Waals surface area contributed by atoms with E-state index in [1.807, 2.05) is 0 Å². The predicted octanol–water partition coefficient (Wildman–Crippen LogP) is 10.7. The zero-order valence-electron chi connectivity index (χ0n) is 44.3. The van der Waals surface area contributed by atoms with E-state index in [1.54, 1.807) is 0 Å². The minimum absolute atomic E-state index is 0.230. The van der Waals surface area contributed by atoms with Gasteiger partial charge in [0.2, 0.25) is 0 Å². The van der Waals surface area contributed by atoms with Gasteiger partial charge in [0, 0.05) is 143 Å². The highest BCUT2D eigenvalue weighted by molar-refractivity contribution is 5.99.